The molecule has 1 aromatic carbocycles. The third-order valence-electron chi connectivity index (χ3n) is 6.96. The van der Waals surface area contributed by atoms with Crippen molar-refractivity contribution < 1.29 is 9.59 Å². The minimum Gasteiger partial charge on any atom is -0.342 e. The van der Waals surface area contributed by atoms with Crippen LogP contribution in [0.5, 0.6) is 0 Å². The molecule has 1 fully saturated rings. The number of piperidine rings is 1. The lowest BCUT2D eigenvalue weighted by atomic mass is 9.85. The summed E-state index contributed by atoms with van der Waals surface area (Å²) in [4.78, 5) is 38.0. The van der Waals surface area contributed by atoms with E-state index >= 15 is 0 Å². The summed E-state index contributed by atoms with van der Waals surface area (Å²) in [5, 5.41) is 3.07. The van der Waals surface area contributed by atoms with Gasteiger partial charge >= 0.3 is 0 Å². The number of nitrogens with one attached hydrogen (secondary N) is 2. The number of benzene rings is 1. The number of likely N-dealkylation sites (tertiary alicyclic amines) is 1. The summed E-state index contributed by atoms with van der Waals surface area (Å²) in [7, 11) is 0. The largest absolute Gasteiger partial charge is 0.342 e. The van der Waals surface area contributed by atoms with Crippen LogP contribution in [0.1, 0.15) is 84.8 Å². The number of aromatic amines is 1. The highest BCUT2D eigenvalue weighted by Crippen LogP contribution is 2.36. The average molecular weight is 463 g/mol. The van der Waals surface area contributed by atoms with Gasteiger partial charge in [0.15, 0.2) is 5.82 Å². The van der Waals surface area contributed by atoms with Crippen molar-refractivity contribution in [1.82, 2.24) is 14.9 Å². The van der Waals surface area contributed by atoms with Gasteiger partial charge in [-0.2, -0.15) is 0 Å². The number of amides is 2. The first-order valence-corrected chi connectivity index (χ1v) is 12.1. The standard InChI is InChI=1S/C26H34N6O2/c1-17(28-2)23-16-29-25(30-23)26(34)31-22-9-8-20(14-21(22)19-6-4-3-5-7-19)18-10-12-32(13-11-18)24(33)15-27/h6,8-9,14,16-18H,2-5,7,10-13,15,27H2,1H3,(H,29,30)(H,31,34). The van der Waals surface area contributed by atoms with Gasteiger partial charge in [-0.15, -0.1) is 0 Å². The van der Waals surface area contributed by atoms with Crippen LogP contribution in [0.15, 0.2) is 35.5 Å². The maximum atomic E-state index is 13.0. The van der Waals surface area contributed by atoms with Crippen molar-refractivity contribution >= 4 is 29.8 Å². The third kappa shape index (κ3) is 5.28. The zero-order chi connectivity index (χ0) is 24.1. The fourth-order valence-corrected chi connectivity index (χ4v) is 4.81. The van der Waals surface area contributed by atoms with E-state index in [4.69, 9.17) is 5.73 Å². The number of anilines is 1. The number of H-pyrrole nitrogens is 1. The van der Waals surface area contributed by atoms with Gasteiger partial charge in [0.05, 0.1) is 24.5 Å². The molecule has 2 aliphatic rings. The van der Waals surface area contributed by atoms with Crippen molar-refractivity contribution in [3.05, 3.63) is 53.1 Å². The monoisotopic (exact) mass is 462 g/mol. The van der Waals surface area contributed by atoms with E-state index in [0.29, 0.717) is 5.92 Å². The highest BCUT2D eigenvalue weighted by Gasteiger charge is 2.25. The van der Waals surface area contributed by atoms with Crippen molar-refractivity contribution in [2.45, 2.75) is 57.4 Å². The minimum absolute atomic E-state index is 0.0175. The second kappa shape index (κ2) is 10.8. The van der Waals surface area contributed by atoms with E-state index in [0.717, 1.165) is 62.1 Å². The molecule has 2 heterocycles. The van der Waals surface area contributed by atoms with Crippen LogP contribution in [0.2, 0.25) is 0 Å². The van der Waals surface area contributed by atoms with E-state index in [2.05, 4.69) is 45.2 Å². The molecule has 1 atom stereocenters. The summed E-state index contributed by atoms with van der Waals surface area (Å²) in [6.07, 6.45) is 10.2. The first-order valence-electron chi connectivity index (χ1n) is 12.1. The Morgan fingerprint density at radius 2 is 2.12 bits per heavy atom. The number of aromatic nitrogens is 2. The summed E-state index contributed by atoms with van der Waals surface area (Å²) >= 11 is 0. The normalized spacial score (nSPS) is 17.7. The lowest BCUT2D eigenvalue weighted by Gasteiger charge is -2.32. The Morgan fingerprint density at radius 3 is 2.79 bits per heavy atom. The van der Waals surface area contributed by atoms with Crippen molar-refractivity contribution in [3.8, 4) is 0 Å². The minimum atomic E-state index is -0.276. The van der Waals surface area contributed by atoms with Gasteiger partial charge in [-0.3, -0.25) is 14.6 Å². The Morgan fingerprint density at radius 1 is 1.32 bits per heavy atom. The molecule has 0 radical (unpaired) electrons. The Labute approximate surface area is 200 Å². The van der Waals surface area contributed by atoms with Gasteiger partial charge in [0.1, 0.15) is 0 Å². The molecule has 4 rings (SSSR count). The van der Waals surface area contributed by atoms with Gasteiger partial charge in [0.25, 0.3) is 5.91 Å². The maximum absolute atomic E-state index is 13.0. The van der Waals surface area contributed by atoms with E-state index in [9.17, 15) is 9.59 Å². The molecule has 0 bridgehead atoms. The quantitative estimate of drug-likeness (QED) is 0.538. The third-order valence-corrected chi connectivity index (χ3v) is 6.96. The Hall–Kier alpha value is -3.26. The van der Waals surface area contributed by atoms with Crippen LogP contribution < -0.4 is 11.1 Å². The van der Waals surface area contributed by atoms with Crippen molar-refractivity contribution in [3.63, 3.8) is 0 Å². The van der Waals surface area contributed by atoms with Crippen LogP contribution in [0.3, 0.4) is 0 Å². The van der Waals surface area contributed by atoms with Gasteiger partial charge in [-0.1, -0.05) is 12.1 Å². The molecule has 1 aliphatic heterocycles. The summed E-state index contributed by atoms with van der Waals surface area (Å²) in [5.41, 5.74) is 10.7. The lowest BCUT2D eigenvalue weighted by Crippen LogP contribution is -2.41. The Kier molecular flexibility index (Phi) is 7.57. The number of rotatable bonds is 7. The molecule has 2 amide bonds. The van der Waals surface area contributed by atoms with E-state index in [1.165, 1.54) is 17.6 Å². The molecule has 2 aromatic rings. The first-order chi connectivity index (χ1) is 16.5. The van der Waals surface area contributed by atoms with Gasteiger partial charge < -0.3 is 20.9 Å². The molecule has 4 N–H and O–H groups in total. The molecule has 0 spiro atoms. The zero-order valence-corrected chi connectivity index (χ0v) is 19.8. The lowest BCUT2D eigenvalue weighted by molar-refractivity contribution is -0.130. The fourth-order valence-electron chi connectivity index (χ4n) is 4.81. The molecule has 1 saturated heterocycles. The van der Waals surface area contributed by atoms with Gasteiger partial charge in [0.2, 0.25) is 5.91 Å². The smallest absolute Gasteiger partial charge is 0.291 e. The number of carbonyl (C=O) groups excluding carboxylic acids is 2. The van der Waals surface area contributed by atoms with E-state index < -0.39 is 0 Å². The fraction of sp³-hybridized carbons (Fsp3) is 0.462. The predicted molar refractivity (Wildman–Crippen MR) is 135 cm³/mol. The second-order valence-electron chi connectivity index (χ2n) is 9.14. The molecular weight excluding hydrogens is 428 g/mol. The van der Waals surface area contributed by atoms with Crippen LogP contribution in [-0.2, 0) is 4.79 Å². The van der Waals surface area contributed by atoms with Crippen LogP contribution in [0, 0.1) is 0 Å². The maximum Gasteiger partial charge on any atom is 0.291 e. The average Bonchev–Trinajstić information content (AvgIpc) is 3.39. The van der Waals surface area contributed by atoms with Crippen LogP contribution in [0.25, 0.3) is 5.57 Å². The second-order valence-corrected chi connectivity index (χ2v) is 9.14. The number of allylic oxidation sites excluding steroid dienone is 2. The highest BCUT2D eigenvalue weighted by molar-refractivity contribution is 6.03. The van der Waals surface area contributed by atoms with E-state index in [-0.39, 0.29) is 30.2 Å². The summed E-state index contributed by atoms with van der Waals surface area (Å²) < 4.78 is 0. The van der Waals surface area contributed by atoms with Crippen LogP contribution in [-0.4, -0.2) is 53.0 Å². The van der Waals surface area contributed by atoms with Crippen molar-refractivity contribution in [2.24, 2.45) is 10.7 Å². The summed E-state index contributed by atoms with van der Waals surface area (Å²) in [6, 6.07) is 6.19. The summed E-state index contributed by atoms with van der Waals surface area (Å²) in [6.45, 7) is 6.98. The van der Waals surface area contributed by atoms with E-state index in [1.54, 1.807) is 6.20 Å². The number of hydrogen-bond donors (Lipinski definition) is 3. The molecule has 8 nitrogen and oxygen atoms in total. The molecule has 1 aromatic heterocycles. The molecule has 180 valence electrons. The topological polar surface area (TPSA) is 116 Å². The van der Waals surface area contributed by atoms with Crippen LogP contribution in [0.4, 0.5) is 5.69 Å². The van der Waals surface area contributed by atoms with Gasteiger partial charge in [0, 0.05) is 24.3 Å². The molecule has 34 heavy (non-hydrogen) atoms. The number of imidazole rings is 1. The highest BCUT2D eigenvalue weighted by atomic mass is 16.2. The Bertz CT molecular complexity index is 1080. The number of carbonyl (C=O) groups is 2. The van der Waals surface area contributed by atoms with Crippen molar-refractivity contribution in [1.29, 1.82) is 0 Å². The SMILES string of the molecule is C=NC(C)c1cnc(C(=O)Nc2ccc(C3CCN(C(=O)CN)CC3)cc2C2=CCCCC2)[nH]1. The van der Waals surface area contributed by atoms with Gasteiger partial charge in [-0.25, -0.2) is 4.98 Å². The molecule has 0 saturated carbocycles. The van der Waals surface area contributed by atoms with Gasteiger partial charge in [-0.05, 0) is 81.4 Å². The number of hydrogen-bond acceptors (Lipinski definition) is 5. The van der Waals surface area contributed by atoms with Crippen molar-refractivity contribution in [2.75, 3.05) is 25.0 Å². The predicted octanol–water partition coefficient (Wildman–Crippen LogP) is 4.05. The number of nitrogens with zero attached hydrogens (tertiary/aromatic N) is 3. The summed E-state index contributed by atoms with van der Waals surface area (Å²) in [5.74, 6) is 0.385. The zero-order valence-electron chi connectivity index (χ0n) is 19.8. The number of nitrogens with two attached hydrogens (primary N) is 1. The van der Waals surface area contributed by atoms with Crippen LogP contribution >= 0.6 is 0 Å². The molecule has 1 aliphatic carbocycles. The van der Waals surface area contributed by atoms with E-state index in [1.807, 2.05) is 17.9 Å². The first kappa shape index (κ1) is 23.9. The molecular formula is C26H34N6O2. The Balaban J connectivity index is 1.56. The molecule has 8 heteroatoms. The molecule has 1 unspecified atom stereocenters. The number of aliphatic imine (C=N–C) groups is 1.